The summed E-state index contributed by atoms with van der Waals surface area (Å²) in [4.78, 5) is 0. The van der Waals surface area contributed by atoms with Crippen LogP contribution >= 0.6 is 0 Å². The Morgan fingerprint density at radius 2 is 2.05 bits per heavy atom. The molecule has 2 N–H and O–H groups in total. The zero-order valence-corrected chi connectivity index (χ0v) is 12.9. The van der Waals surface area contributed by atoms with Gasteiger partial charge in [0, 0.05) is 17.4 Å². The minimum atomic E-state index is 0.0814. The van der Waals surface area contributed by atoms with Crippen LogP contribution in [-0.2, 0) is 6.42 Å². The Morgan fingerprint density at radius 1 is 1.33 bits per heavy atom. The van der Waals surface area contributed by atoms with Gasteiger partial charge in [0.1, 0.15) is 6.07 Å². The molecule has 1 aliphatic carbocycles. The van der Waals surface area contributed by atoms with Gasteiger partial charge in [-0.2, -0.15) is 5.26 Å². The van der Waals surface area contributed by atoms with Crippen LogP contribution in [0.15, 0.2) is 30.3 Å². The fourth-order valence-electron chi connectivity index (χ4n) is 3.55. The smallest absolute Gasteiger partial charge is 0.101 e. The topological polar surface area (TPSA) is 54.7 Å². The number of hydrogen-bond acceptors (Lipinski definition) is 2. The zero-order valence-electron chi connectivity index (χ0n) is 12.9. The van der Waals surface area contributed by atoms with Gasteiger partial charge in [-0.1, -0.05) is 26.0 Å². The molecule has 1 atom stereocenters. The molecule has 108 valence electrons. The third-order valence-corrected chi connectivity index (χ3v) is 4.40. The first kappa shape index (κ1) is 13.9. The molecule has 1 unspecified atom stereocenters. The molecule has 3 rings (SSSR count). The van der Waals surface area contributed by atoms with Crippen LogP contribution < -0.4 is 5.73 Å². The maximum atomic E-state index is 9.38. The van der Waals surface area contributed by atoms with Gasteiger partial charge in [-0.25, -0.2) is 0 Å². The van der Waals surface area contributed by atoms with Gasteiger partial charge in [0.05, 0.1) is 11.3 Å². The van der Waals surface area contributed by atoms with Crippen LogP contribution in [0.5, 0.6) is 0 Å². The van der Waals surface area contributed by atoms with Gasteiger partial charge in [0.25, 0.3) is 0 Å². The van der Waals surface area contributed by atoms with Crippen LogP contribution in [0.1, 0.15) is 48.8 Å². The number of nitriles is 1. The van der Waals surface area contributed by atoms with E-state index >= 15 is 0 Å². The van der Waals surface area contributed by atoms with E-state index in [0.29, 0.717) is 5.56 Å². The normalized spacial score (nSPS) is 19.9. The summed E-state index contributed by atoms with van der Waals surface area (Å²) >= 11 is 0. The minimum absolute atomic E-state index is 0.0814. The van der Waals surface area contributed by atoms with E-state index in [2.05, 4.69) is 37.5 Å². The van der Waals surface area contributed by atoms with Crippen molar-refractivity contribution >= 4 is 0 Å². The Balaban J connectivity index is 2.24. The second-order valence-electron chi connectivity index (χ2n) is 6.80. The summed E-state index contributed by atoms with van der Waals surface area (Å²) in [6.07, 6.45) is 1.99. The second-order valence-corrected chi connectivity index (χ2v) is 6.80. The van der Waals surface area contributed by atoms with Crippen LogP contribution in [0, 0.1) is 23.7 Å². The number of hydrogen-bond donors (Lipinski definition) is 1. The molecule has 0 spiro atoms. The molecule has 3 heteroatoms. The molecule has 0 amide bonds. The van der Waals surface area contributed by atoms with Crippen molar-refractivity contribution in [2.24, 2.45) is 11.1 Å². The molecular formula is C18H21N3. The Bertz CT molecular complexity index is 731. The van der Waals surface area contributed by atoms with Crippen LogP contribution in [0.3, 0.4) is 0 Å². The third-order valence-electron chi connectivity index (χ3n) is 4.40. The van der Waals surface area contributed by atoms with Gasteiger partial charge in [-0.15, -0.1) is 0 Å². The molecule has 0 fully saturated rings. The third kappa shape index (κ3) is 2.26. The van der Waals surface area contributed by atoms with E-state index in [1.807, 2.05) is 24.3 Å². The van der Waals surface area contributed by atoms with E-state index in [9.17, 15) is 5.26 Å². The first-order chi connectivity index (χ1) is 9.93. The molecule has 1 heterocycles. The first-order valence-corrected chi connectivity index (χ1v) is 7.39. The van der Waals surface area contributed by atoms with E-state index in [0.717, 1.165) is 24.2 Å². The van der Waals surface area contributed by atoms with Crippen LogP contribution in [-0.4, -0.2) is 4.57 Å². The number of benzene rings is 1. The molecule has 3 nitrogen and oxygen atoms in total. The van der Waals surface area contributed by atoms with E-state index in [-0.39, 0.29) is 11.5 Å². The van der Waals surface area contributed by atoms with Crippen molar-refractivity contribution in [1.29, 1.82) is 5.26 Å². The molecule has 21 heavy (non-hydrogen) atoms. The molecule has 0 saturated carbocycles. The van der Waals surface area contributed by atoms with E-state index in [1.165, 1.54) is 11.3 Å². The number of nitrogens with two attached hydrogens (primary N) is 1. The summed E-state index contributed by atoms with van der Waals surface area (Å²) in [6, 6.07) is 12.3. The lowest BCUT2D eigenvalue weighted by molar-refractivity contribution is 0.278. The SMILES string of the molecule is Cc1cc2c(n1-c1ccccc1C#N)CC(C)(C)CC2N. The lowest BCUT2D eigenvalue weighted by Gasteiger charge is -2.34. The van der Waals surface area contributed by atoms with Gasteiger partial charge in [0.15, 0.2) is 0 Å². The fraction of sp³-hybridized carbons (Fsp3) is 0.389. The van der Waals surface area contributed by atoms with Gasteiger partial charge < -0.3 is 10.3 Å². The number of aryl methyl sites for hydroxylation is 1. The van der Waals surface area contributed by atoms with Gasteiger partial charge >= 0.3 is 0 Å². The summed E-state index contributed by atoms with van der Waals surface area (Å²) in [5, 5.41) is 9.38. The number of aromatic nitrogens is 1. The summed E-state index contributed by atoms with van der Waals surface area (Å²) in [5.41, 5.74) is 11.9. The lowest BCUT2D eigenvalue weighted by atomic mass is 9.74. The van der Waals surface area contributed by atoms with Crippen molar-refractivity contribution in [1.82, 2.24) is 4.57 Å². The van der Waals surface area contributed by atoms with E-state index in [4.69, 9.17) is 5.73 Å². The van der Waals surface area contributed by atoms with Crippen LogP contribution in [0.25, 0.3) is 5.69 Å². The fourth-order valence-corrected chi connectivity index (χ4v) is 3.55. The standard InChI is InChI=1S/C18H21N3/c1-12-8-14-15(20)9-18(2,3)10-17(14)21(12)16-7-5-4-6-13(16)11-19/h4-8,15H,9-10,20H2,1-3H3. The van der Waals surface area contributed by atoms with Gasteiger partial charge in [-0.05, 0) is 48.9 Å². The van der Waals surface area contributed by atoms with Crippen molar-refractivity contribution in [3.05, 3.63) is 52.8 Å². The average Bonchev–Trinajstić information content (AvgIpc) is 2.74. The molecule has 0 aliphatic heterocycles. The number of nitrogens with zero attached hydrogens (tertiary/aromatic N) is 2. The van der Waals surface area contributed by atoms with Crippen molar-refractivity contribution < 1.29 is 0 Å². The Hall–Kier alpha value is -2.05. The quantitative estimate of drug-likeness (QED) is 0.866. The molecular weight excluding hydrogens is 258 g/mol. The molecule has 2 aromatic rings. The molecule has 1 aromatic heterocycles. The van der Waals surface area contributed by atoms with Crippen molar-refractivity contribution in [2.45, 2.75) is 39.7 Å². The summed E-state index contributed by atoms with van der Waals surface area (Å²) < 4.78 is 2.22. The van der Waals surface area contributed by atoms with E-state index in [1.54, 1.807) is 0 Å². The molecule has 1 aromatic carbocycles. The Labute approximate surface area is 126 Å². The summed E-state index contributed by atoms with van der Waals surface area (Å²) in [7, 11) is 0. The van der Waals surface area contributed by atoms with E-state index < -0.39 is 0 Å². The Morgan fingerprint density at radius 3 is 2.76 bits per heavy atom. The molecule has 1 aliphatic rings. The molecule has 0 saturated heterocycles. The summed E-state index contributed by atoms with van der Waals surface area (Å²) in [6.45, 7) is 6.61. The minimum Gasteiger partial charge on any atom is -0.324 e. The van der Waals surface area contributed by atoms with Crippen molar-refractivity contribution in [3.63, 3.8) is 0 Å². The lowest BCUT2D eigenvalue weighted by Crippen LogP contribution is -2.30. The number of para-hydroxylation sites is 1. The van der Waals surface area contributed by atoms with Crippen LogP contribution in [0.2, 0.25) is 0 Å². The maximum Gasteiger partial charge on any atom is 0.101 e. The largest absolute Gasteiger partial charge is 0.324 e. The van der Waals surface area contributed by atoms with Crippen molar-refractivity contribution in [3.8, 4) is 11.8 Å². The van der Waals surface area contributed by atoms with Crippen molar-refractivity contribution in [2.75, 3.05) is 0 Å². The molecule has 0 radical (unpaired) electrons. The second kappa shape index (κ2) is 4.75. The highest BCUT2D eigenvalue weighted by atomic mass is 15.0. The predicted molar refractivity (Wildman–Crippen MR) is 84.3 cm³/mol. The maximum absolute atomic E-state index is 9.38. The Kier molecular flexibility index (Phi) is 3.15. The van der Waals surface area contributed by atoms with Crippen LogP contribution in [0.4, 0.5) is 0 Å². The monoisotopic (exact) mass is 279 g/mol. The van der Waals surface area contributed by atoms with Gasteiger partial charge in [0.2, 0.25) is 0 Å². The van der Waals surface area contributed by atoms with Gasteiger partial charge in [-0.3, -0.25) is 0 Å². The number of rotatable bonds is 1. The zero-order chi connectivity index (χ0) is 15.2. The summed E-state index contributed by atoms with van der Waals surface area (Å²) in [5.74, 6) is 0. The average molecular weight is 279 g/mol. The molecule has 0 bridgehead atoms. The highest BCUT2D eigenvalue weighted by Gasteiger charge is 2.33. The highest BCUT2D eigenvalue weighted by molar-refractivity contribution is 5.53. The number of fused-ring (bicyclic) bond motifs is 1. The predicted octanol–water partition coefficient (Wildman–Crippen LogP) is 3.63. The first-order valence-electron chi connectivity index (χ1n) is 7.39. The highest BCUT2D eigenvalue weighted by Crippen LogP contribution is 2.42.